The van der Waals surface area contributed by atoms with Crippen LogP contribution in [-0.2, 0) is 11.2 Å². The molecule has 0 aliphatic carbocycles. The summed E-state index contributed by atoms with van der Waals surface area (Å²) in [5.74, 6) is -1.32. The molecule has 1 aromatic rings. The van der Waals surface area contributed by atoms with E-state index in [4.69, 9.17) is 10.8 Å². The molecule has 1 aromatic carbocycles. The molecule has 18 heavy (non-hydrogen) atoms. The molecule has 3 N–H and O–H groups in total. The van der Waals surface area contributed by atoms with Crippen LogP contribution in [-0.4, -0.2) is 23.9 Å². The third-order valence-corrected chi connectivity index (χ3v) is 1.82. The summed E-state index contributed by atoms with van der Waals surface area (Å²) in [5.41, 5.74) is 5.74. The van der Waals surface area contributed by atoms with Gasteiger partial charge in [0.05, 0.1) is 6.42 Å². The summed E-state index contributed by atoms with van der Waals surface area (Å²) in [6.07, 6.45) is -4.90. The fourth-order valence-corrected chi connectivity index (χ4v) is 1.17. The highest BCUT2D eigenvalue weighted by atomic mass is 35.5. The Morgan fingerprint density at radius 1 is 1.39 bits per heavy atom. The van der Waals surface area contributed by atoms with E-state index < -0.39 is 25.2 Å². The number of alkyl halides is 3. The summed E-state index contributed by atoms with van der Waals surface area (Å²) in [5, 5.41) is 8.58. The number of carbonyl (C=O) groups is 1. The summed E-state index contributed by atoms with van der Waals surface area (Å²) in [6, 6.07) is 3.90. The van der Waals surface area contributed by atoms with E-state index in [9.17, 15) is 18.0 Å². The van der Waals surface area contributed by atoms with Crippen molar-refractivity contribution >= 4 is 24.1 Å². The normalized spacial score (nSPS) is 10.6. The number of hydrogen-bond acceptors (Lipinski definition) is 3. The second-order valence-electron chi connectivity index (χ2n) is 3.34. The maximum absolute atomic E-state index is 12.0. The Balaban J connectivity index is 0.00000289. The predicted molar refractivity (Wildman–Crippen MR) is 61.0 cm³/mol. The Bertz CT molecular complexity index is 423. The Morgan fingerprint density at radius 2 is 2.00 bits per heavy atom. The minimum Gasteiger partial charge on any atom is -0.484 e. The molecule has 0 spiro atoms. The Hall–Kier alpha value is -1.63. The summed E-state index contributed by atoms with van der Waals surface area (Å²) in [4.78, 5) is 10.5. The van der Waals surface area contributed by atoms with Crippen molar-refractivity contribution in [2.45, 2.75) is 12.6 Å². The van der Waals surface area contributed by atoms with Gasteiger partial charge in [0, 0.05) is 17.3 Å². The van der Waals surface area contributed by atoms with Gasteiger partial charge in [-0.2, -0.15) is 13.2 Å². The molecule has 0 amide bonds. The largest absolute Gasteiger partial charge is 0.484 e. The van der Waals surface area contributed by atoms with Gasteiger partial charge in [-0.15, -0.1) is 12.4 Å². The van der Waals surface area contributed by atoms with Crippen molar-refractivity contribution in [3.63, 3.8) is 0 Å². The van der Waals surface area contributed by atoms with Gasteiger partial charge in [-0.3, -0.25) is 4.79 Å². The molecule has 8 heteroatoms. The van der Waals surface area contributed by atoms with Gasteiger partial charge >= 0.3 is 12.1 Å². The van der Waals surface area contributed by atoms with Gasteiger partial charge < -0.3 is 15.6 Å². The standard InChI is InChI=1S/C10H10F3NO3.ClH/c11-10(12,13)5-17-8-4-7(14)2-1-6(8)3-9(15)16;/h1-2,4H,3,5,14H2,(H,15,16);1H. The fourth-order valence-electron chi connectivity index (χ4n) is 1.17. The maximum atomic E-state index is 12.0. The Morgan fingerprint density at radius 3 is 2.50 bits per heavy atom. The zero-order valence-corrected chi connectivity index (χ0v) is 9.85. The average molecular weight is 286 g/mol. The second-order valence-corrected chi connectivity index (χ2v) is 3.34. The lowest BCUT2D eigenvalue weighted by Gasteiger charge is -2.12. The van der Waals surface area contributed by atoms with Crippen LogP contribution in [0.4, 0.5) is 18.9 Å². The van der Waals surface area contributed by atoms with Crippen LogP contribution in [0, 0.1) is 0 Å². The van der Waals surface area contributed by atoms with Gasteiger partial charge in [-0.1, -0.05) is 6.07 Å². The van der Waals surface area contributed by atoms with Gasteiger partial charge in [0.1, 0.15) is 5.75 Å². The van der Waals surface area contributed by atoms with Crippen molar-refractivity contribution in [3.05, 3.63) is 23.8 Å². The molecule has 0 fully saturated rings. The number of hydrogen-bond donors (Lipinski definition) is 2. The molecule has 0 aliphatic heterocycles. The minimum absolute atomic E-state index is 0. The van der Waals surface area contributed by atoms with Crippen molar-refractivity contribution < 1.29 is 27.8 Å². The highest BCUT2D eigenvalue weighted by molar-refractivity contribution is 5.85. The van der Waals surface area contributed by atoms with E-state index in [-0.39, 0.29) is 29.4 Å². The number of carboxylic acids is 1. The number of ether oxygens (including phenoxy) is 1. The van der Waals surface area contributed by atoms with E-state index in [0.29, 0.717) is 0 Å². The first kappa shape index (κ1) is 16.4. The van der Waals surface area contributed by atoms with E-state index in [1.165, 1.54) is 18.2 Å². The average Bonchev–Trinajstić information content (AvgIpc) is 2.16. The number of carboxylic acid groups (broad SMARTS) is 1. The fraction of sp³-hybridized carbons (Fsp3) is 0.300. The zero-order valence-electron chi connectivity index (χ0n) is 9.03. The number of nitrogen functional groups attached to an aromatic ring is 1. The second kappa shape index (κ2) is 6.34. The third kappa shape index (κ3) is 5.62. The van der Waals surface area contributed by atoms with Crippen molar-refractivity contribution in [2.24, 2.45) is 0 Å². The summed E-state index contributed by atoms with van der Waals surface area (Å²) in [7, 11) is 0. The zero-order chi connectivity index (χ0) is 13.1. The van der Waals surface area contributed by atoms with Gasteiger partial charge in [-0.05, 0) is 6.07 Å². The van der Waals surface area contributed by atoms with Gasteiger partial charge in [0.15, 0.2) is 6.61 Å². The van der Waals surface area contributed by atoms with E-state index in [1.54, 1.807) is 0 Å². The van der Waals surface area contributed by atoms with Crippen LogP contribution in [0.2, 0.25) is 0 Å². The van der Waals surface area contributed by atoms with Gasteiger partial charge in [0.25, 0.3) is 0 Å². The summed E-state index contributed by atoms with van der Waals surface area (Å²) in [6.45, 7) is -1.48. The first-order valence-corrected chi connectivity index (χ1v) is 4.57. The molecule has 0 heterocycles. The van der Waals surface area contributed by atoms with E-state index in [2.05, 4.69) is 4.74 Å². The minimum atomic E-state index is -4.48. The van der Waals surface area contributed by atoms with Crippen LogP contribution in [0.3, 0.4) is 0 Å². The summed E-state index contributed by atoms with van der Waals surface area (Å²) < 4.78 is 40.4. The van der Waals surface area contributed by atoms with Crippen molar-refractivity contribution in [3.8, 4) is 5.75 Å². The van der Waals surface area contributed by atoms with Crippen LogP contribution in [0.15, 0.2) is 18.2 Å². The molecule has 0 bridgehead atoms. The van der Waals surface area contributed by atoms with Crippen LogP contribution in [0.25, 0.3) is 0 Å². The first-order chi connectivity index (χ1) is 7.78. The molecule has 0 atom stereocenters. The summed E-state index contributed by atoms with van der Waals surface area (Å²) >= 11 is 0. The van der Waals surface area contributed by atoms with Crippen LogP contribution < -0.4 is 10.5 Å². The monoisotopic (exact) mass is 285 g/mol. The van der Waals surface area contributed by atoms with E-state index in [0.717, 1.165) is 0 Å². The van der Waals surface area contributed by atoms with Gasteiger partial charge in [-0.25, -0.2) is 0 Å². The van der Waals surface area contributed by atoms with Crippen molar-refractivity contribution in [1.82, 2.24) is 0 Å². The number of benzene rings is 1. The highest BCUT2D eigenvalue weighted by Gasteiger charge is 2.28. The van der Waals surface area contributed by atoms with E-state index >= 15 is 0 Å². The molecular weight excluding hydrogens is 275 g/mol. The number of halogens is 4. The molecule has 102 valence electrons. The number of rotatable bonds is 4. The molecule has 1 rings (SSSR count). The van der Waals surface area contributed by atoms with Crippen LogP contribution in [0.1, 0.15) is 5.56 Å². The lowest BCUT2D eigenvalue weighted by molar-refractivity contribution is -0.153. The van der Waals surface area contributed by atoms with Gasteiger partial charge in [0.2, 0.25) is 0 Å². The molecule has 0 unspecified atom stereocenters. The molecular formula is C10H11ClF3NO3. The number of aliphatic carboxylic acids is 1. The maximum Gasteiger partial charge on any atom is 0.422 e. The van der Waals surface area contributed by atoms with E-state index in [1.807, 2.05) is 0 Å². The molecule has 0 saturated heterocycles. The number of anilines is 1. The molecule has 0 aromatic heterocycles. The Labute approximate surface area is 107 Å². The molecule has 0 saturated carbocycles. The topological polar surface area (TPSA) is 72.6 Å². The molecule has 4 nitrogen and oxygen atoms in total. The molecule has 0 aliphatic rings. The van der Waals surface area contributed by atoms with Crippen LogP contribution in [0.5, 0.6) is 5.75 Å². The lowest BCUT2D eigenvalue weighted by Crippen LogP contribution is -2.20. The lowest BCUT2D eigenvalue weighted by atomic mass is 10.1. The SMILES string of the molecule is Cl.Nc1ccc(CC(=O)O)c(OCC(F)(F)F)c1. The molecule has 0 radical (unpaired) electrons. The quantitative estimate of drug-likeness (QED) is 0.832. The highest BCUT2D eigenvalue weighted by Crippen LogP contribution is 2.25. The first-order valence-electron chi connectivity index (χ1n) is 4.57. The van der Waals surface area contributed by atoms with Crippen LogP contribution >= 0.6 is 12.4 Å². The smallest absolute Gasteiger partial charge is 0.422 e. The predicted octanol–water partition coefficient (Wildman–Crippen LogP) is 2.26. The van der Waals surface area contributed by atoms with Crippen molar-refractivity contribution in [1.29, 1.82) is 0 Å². The third-order valence-electron chi connectivity index (χ3n) is 1.82. The Kier molecular flexibility index (Phi) is 5.77. The van der Waals surface area contributed by atoms with Crippen molar-refractivity contribution in [2.75, 3.05) is 12.3 Å². The number of nitrogens with two attached hydrogens (primary N) is 1.